The van der Waals surface area contributed by atoms with E-state index < -0.39 is 5.97 Å². The first kappa shape index (κ1) is 13.2. The normalized spacial score (nSPS) is 9.95. The number of thiazole rings is 1. The molecule has 0 radical (unpaired) electrons. The largest absolute Gasteiger partial charge is 0.465 e. The quantitative estimate of drug-likeness (QED) is 0.868. The lowest BCUT2D eigenvalue weighted by Crippen LogP contribution is -2.17. The lowest BCUT2D eigenvalue weighted by Gasteiger charge is -2.08. The van der Waals surface area contributed by atoms with Gasteiger partial charge in [0, 0.05) is 5.38 Å². The second-order valence-electron chi connectivity index (χ2n) is 3.74. The Labute approximate surface area is 114 Å². The van der Waals surface area contributed by atoms with Crippen molar-refractivity contribution in [2.24, 2.45) is 0 Å². The summed E-state index contributed by atoms with van der Waals surface area (Å²) in [5.74, 6) is -0.702. The van der Waals surface area contributed by atoms with E-state index in [9.17, 15) is 9.59 Å². The van der Waals surface area contributed by atoms with E-state index in [1.165, 1.54) is 18.4 Å². The molecule has 0 spiro atoms. The lowest BCUT2D eigenvalue weighted by molar-refractivity contribution is -0.115. The van der Waals surface area contributed by atoms with Gasteiger partial charge in [-0.2, -0.15) is 0 Å². The number of para-hydroxylation sites is 1. The van der Waals surface area contributed by atoms with E-state index in [1.54, 1.807) is 29.8 Å². The van der Waals surface area contributed by atoms with E-state index in [4.69, 9.17) is 0 Å². The molecule has 1 amide bonds. The first-order chi connectivity index (χ1) is 9.20. The minimum Gasteiger partial charge on any atom is -0.465 e. The Kier molecular flexibility index (Phi) is 4.25. The van der Waals surface area contributed by atoms with Crippen molar-refractivity contribution in [2.45, 2.75) is 6.42 Å². The molecule has 0 bridgehead atoms. The summed E-state index contributed by atoms with van der Waals surface area (Å²) in [6.07, 6.45) is 0.180. The summed E-state index contributed by atoms with van der Waals surface area (Å²) < 4.78 is 4.66. The molecule has 0 saturated carbocycles. The van der Waals surface area contributed by atoms with Crippen molar-refractivity contribution >= 4 is 28.9 Å². The molecule has 0 aliphatic rings. The Hall–Kier alpha value is -2.21. The van der Waals surface area contributed by atoms with Gasteiger partial charge in [0.1, 0.15) is 0 Å². The van der Waals surface area contributed by atoms with Gasteiger partial charge in [0.05, 0.1) is 36.0 Å². The third-order valence-corrected chi connectivity index (χ3v) is 3.07. The average molecular weight is 276 g/mol. The van der Waals surface area contributed by atoms with Crippen molar-refractivity contribution in [3.8, 4) is 0 Å². The summed E-state index contributed by atoms with van der Waals surface area (Å²) >= 11 is 1.43. The van der Waals surface area contributed by atoms with Gasteiger partial charge in [-0.25, -0.2) is 9.78 Å². The zero-order valence-corrected chi connectivity index (χ0v) is 11.1. The van der Waals surface area contributed by atoms with Gasteiger partial charge in [-0.3, -0.25) is 4.79 Å². The van der Waals surface area contributed by atoms with Crippen LogP contribution in [0.5, 0.6) is 0 Å². The topological polar surface area (TPSA) is 68.3 Å². The highest BCUT2D eigenvalue weighted by Gasteiger charge is 2.13. The maximum atomic E-state index is 11.8. The Morgan fingerprint density at radius 3 is 2.84 bits per heavy atom. The number of anilines is 1. The number of carbonyl (C=O) groups is 2. The van der Waals surface area contributed by atoms with Gasteiger partial charge in [0.15, 0.2) is 0 Å². The molecule has 19 heavy (non-hydrogen) atoms. The third kappa shape index (κ3) is 3.38. The minimum atomic E-state index is -0.482. The van der Waals surface area contributed by atoms with E-state index in [1.807, 2.05) is 5.38 Å². The second kappa shape index (κ2) is 6.10. The number of benzene rings is 1. The molecule has 5 nitrogen and oxygen atoms in total. The van der Waals surface area contributed by atoms with Gasteiger partial charge in [-0.1, -0.05) is 12.1 Å². The zero-order chi connectivity index (χ0) is 13.7. The predicted molar refractivity (Wildman–Crippen MR) is 72.2 cm³/mol. The zero-order valence-electron chi connectivity index (χ0n) is 10.3. The van der Waals surface area contributed by atoms with Crippen LogP contribution in [-0.4, -0.2) is 24.0 Å². The molecular formula is C13H12N2O3S. The number of aromatic nitrogens is 1. The molecule has 1 aromatic carbocycles. The van der Waals surface area contributed by atoms with Crippen molar-refractivity contribution in [3.05, 3.63) is 46.4 Å². The summed E-state index contributed by atoms with van der Waals surface area (Å²) in [7, 11) is 1.30. The standard InChI is InChI=1S/C13H12N2O3S/c1-18-13(17)10-4-2-3-5-11(10)15-12(16)6-9-7-19-8-14-9/h2-5,7-8H,6H2,1H3,(H,15,16). The Balaban J connectivity index is 2.10. The van der Waals surface area contributed by atoms with Gasteiger partial charge in [-0.05, 0) is 12.1 Å². The molecule has 0 atom stereocenters. The Bertz CT molecular complexity index is 581. The molecule has 1 aromatic heterocycles. The number of hydrogen-bond acceptors (Lipinski definition) is 5. The summed E-state index contributed by atoms with van der Waals surface area (Å²) in [5, 5.41) is 4.50. The van der Waals surface area contributed by atoms with Crippen LogP contribution in [0.4, 0.5) is 5.69 Å². The molecule has 0 saturated heterocycles. The number of rotatable bonds is 4. The van der Waals surface area contributed by atoms with Crippen LogP contribution < -0.4 is 5.32 Å². The van der Waals surface area contributed by atoms with E-state index >= 15 is 0 Å². The summed E-state index contributed by atoms with van der Waals surface area (Å²) in [6, 6.07) is 6.71. The maximum Gasteiger partial charge on any atom is 0.339 e. The van der Waals surface area contributed by atoms with Gasteiger partial charge in [0.2, 0.25) is 5.91 Å². The van der Waals surface area contributed by atoms with Crippen LogP contribution in [-0.2, 0) is 16.0 Å². The first-order valence-corrected chi connectivity index (χ1v) is 6.49. The summed E-state index contributed by atoms with van der Waals surface area (Å²) in [5.41, 5.74) is 3.15. The van der Waals surface area contributed by atoms with Crippen molar-refractivity contribution in [1.82, 2.24) is 4.98 Å². The monoisotopic (exact) mass is 276 g/mol. The number of carbonyl (C=O) groups excluding carboxylic acids is 2. The minimum absolute atomic E-state index is 0.180. The number of hydrogen-bond donors (Lipinski definition) is 1. The number of amides is 1. The third-order valence-electron chi connectivity index (χ3n) is 2.43. The van der Waals surface area contributed by atoms with E-state index in [0.717, 1.165) is 0 Å². The SMILES string of the molecule is COC(=O)c1ccccc1NC(=O)Cc1cscn1. The molecule has 2 aromatic rings. The van der Waals surface area contributed by atoms with Gasteiger partial charge >= 0.3 is 5.97 Å². The fourth-order valence-electron chi connectivity index (χ4n) is 1.56. The smallest absolute Gasteiger partial charge is 0.339 e. The number of nitrogens with one attached hydrogen (secondary N) is 1. The fourth-order valence-corrected chi connectivity index (χ4v) is 2.12. The molecule has 1 heterocycles. The fraction of sp³-hybridized carbons (Fsp3) is 0.154. The maximum absolute atomic E-state index is 11.8. The van der Waals surface area contributed by atoms with Crippen LogP contribution in [0.15, 0.2) is 35.2 Å². The average Bonchev–Trinajstić information content (AvgIpc) is 2.91. The van der Waals surface area contributed by atoms with Crippen LogP contribution in [0.1, 0.15) is 16.1 Å². The van der Waals surface area contributed by atoms with Crippen molar-refractivity contribution in [3.63, 3.8) is 0 Å². The molecule has 0 fully saturated rings. The van der Waals surface area contributed by atoms with Crippen LogP contribution in [0.25, 0.3) is 0 Å². The van der Waals surface area contributed by atoms with Crippen LogP contribution in [0.2, 0.25) is 0 Å². The number of methoxy groups -OCH3 is 1. The number of ether oxygens (including phenoxy) is 1. The molecular weight excluding hydrogens is 264 g/mol. The number of esters is 1. The highest BCUT2D eigenvalue weighted by Crippen LogP contribution is 2.16. The molecule has 6 heteroatoms. The highest BCUT2D eigenvalue weighted by molar-refractivity contribution is 7.07. The van der Waals surface area contributed by atoms with Crippen LogP contribution in [0, 0.1) is 0 Å². The molecule has 0 unspecified atom stereocenters. The lowest BCUT2D eigenvalue weighted by atomic mass is 10.1. The van der Waals surface area contributed by atoms with Gasteiger partial charge < -0.3 is 10.1 Å². The molecule has 1 N–H and O–H groups in total. The van der Waals surface area contributed by atoms with E-state index in [2.05, 4.69) is 15.0 Å². The molecule has 0 aliphatic heterocycles. The number of nitrogens with zero attached hydrogens (tertiary/aromatic N) is 1. The Morgan fingerprint density at radius 1 is 1.37 bits per heavy atom. The van der Waals surface area contributed by atoms with Crippen LogP contribution in [0.3, 0.4) is 0 Å². The first-order valence-electron chi connectivity index (χ1n) is 5.55. The summed E-state index contributed by atoms with van der Waals surface area (Å²) in [4.78, 5) is 27.4. The predicted octanol–water partition coefficient (Wildman–Crippen LogP) is 2.11. The molecule has 98 valence electrons. The van der Waals surface area contributed by atoms with Gasteiger partial charge in [-0.15, -0.1) is 11.3 Å². The summed E-state index contributed by atoms with van der Waals surface area (Å²) in [6.45, 7) is 0. The second-order valence-corrected chi connectivity index (χ2v) is 4.46. The van der Waals surface area contributed by atoms with Crippen LogP contribution >= 0.6 is 11.3 Å². The van der Waals surface area contributed by atoms with E-state index in [0.29, 0.717) is 16.9 Å². The van der Waals surface area contributed by atoms with E-state index in [-0.39, 0.29) is 12.3 Å². The van der Waals surface area contributed by atoms with Crippen molar-refractivity contribution < 1.29 is 14.3 Å². The highest BCUT2D eigenvalue weighted by atomic mass is 32.1. The van der Waals surface area contributed by atoms with Gasteiger partial charge in [0.25, 0.3) is 0 Å². The molecule has 2 rings (SSSR count). The Morgan fingerprint density at radius 2 is 2.16 bits per heavy atom. The van der Waals surface area contributed by atoms with Crippen molar-refractivity contribution in [1.29, 1.82) is 0 Å². The van der Waals surface area contributed by atoms with Crippen molar-refractivity contribution in [2.75, 3.05) is 12.4 Å². The molecule has 0 aliphatic carbocycles.